The van der Waals surface area contributed by atoms with Gasteiger partial charge in [-0.15, -0.1) is 0 Å². The van der Waals surface area contributed by atoms with Gasteiger partial charge >= 0.3 is 11.9 Å². The van der Waals surface area contributed by atoms with Crippen molar-refractivity contribution in [1.82, 2.24) is 0 Å². The summed E-state index contributed by atoms with van der Waals surface area (Å²) < 4.78 is 10.3. The molecule has 8 heteroatoms. The lowest BCUT2D eigenvalue weighted by molar-refractivity contribution is -0.147. The van der Waals surface area contributed by atoms with E-state index in [1.807, 2.05) is 0 Å². The van der Waals surface area contributed by atoms with Gasteiger partial charge in [-0.05, 0) is 62.4 Å². The first-order chi connectivity index (χ1) is 14.7. The smallest absolute Gasteiger partial charge is 0.338 e. The van der Waals surface area contributed by atoms with Gasteiger partial charge in [-0.2, -0.15) is 0 Å². The Morgan fingerprint density at radius 3 is 2.26 bits per heavy atom. The van der Waals surface area contributed by atoms with E-state index in [4.69, 9.17) is 21.1 Å². The minimum Gasteiger partial charge on any atom is -0.459 e. The molecule has 31 heavy (non-hydrogen) atoms. The molecule has 2 aromatic carbocycles. The Hall–Kier alpha value is -3.19. The average molecular weight is 444 g/mol. The highest BCUT2D eigenvalue weighted by Gasteiger charge is 2.36. The Morgan fingerprint density at radius 2 is 1.65 bits per heavy atom. The molecule has 0 radical (unpaired) electrons. The summed E-state index contributed by atoms with van der Waals surface area (Å²) in [6.07, 6.45) is -0.240. The Kier molecular flexibility index (Phi) is 7.07. The third-order valence-corrected chi connectivity index (χ3v) is 4.98. The quantitative estimate of drug-likeness (QED) is 0.479. The predicted molar refractivity (Wildman–Crippen MR) is 114 cm³/mol. The molecule has 2 aromatic rings. The number of ketones is 1. The number of Topliss-reactive ketones (excluding diaryl/α,β-unsaturated/α-hetero) is 1. The number of benzene rings is 2. The lowest BCUT2D eigenvalue weighted by Crippen LogP contribution is -2.27. The molecule has 3 rings (SSSR count). The molecule has 1 aliphatic heterocycles. The molecule has 1 saturated heterocycles. The Labute approximate surface area is 184 Å². The van der Waals surface area contributed by atoms with E-state index in [1.165, 1.54) is 4.90 Å². The van der Waals surface area contributed by atoms with Gasteiger partial charge in [0.05, 0.1) is 17.6 Å². The van der Waals surface area contributed by atoms with E-state index in [0.29, 0.717) is 21.8 Å². The predicted octanol–water partition coefficient (Wildman–Crippen LogP) is 3.68. The van der Waals surface area contributed by atoms with Crippen LogP contribution in [-0.2, 0) is 19.1 Å². The lowest BCUT2D eigenvalue weighted by atomic mass is 10.1. The zero-order valence-corrected chi connectivity index (χ0v) is 17.9. The normalized spacial score (nSPS) is 15.8. The average Bonchev–Trinajstić information content (AvgIpc) is 3.13. The number of hydrogen-bond donors (Lipinski definition) is 0. The molecule has 0 saturated carbocycles. The molecule has 1 fully saturated rings. The minimum atomic E-state index is -0.670. The zero-order chi connectivity index (χ0) is 22.5. The fraction of sp³-hybridized carbons (Fsp3) is 0.304. The maximum atomic E-state index is 12.4. The van der Waals surface area contributed by atoms with Gasteiger partial charge in [0.15, 0.2) is 12.4 Å². The molecule has 1 heterocycles. The largest absolute Gasteiger partial charge is 0.459 e. The summed E-state index contributed by atoms with van der Waals surface area (Å²) >= 11 is 5.80. The fourth-order valence-corrected chi connectivity index (χ4v) is 3.27. The number of esters is 2. The van der Waals surface area contributed by atoms with Gasteiger partial charge in [0, 0.05) is 29.2 Å². The van der Waals surface area contributed by atoms with Crippen LogP contribution in [0.3, 0.4) is 0 Å². The van der Waals surface area contributed by atoms with Crippen LogP contribution in [0.2, 0.25) is 5.02 Å². The standard InChI is InChI=1S/C23H22ClNO6/c1-14(2)31-23(29)16-5-9-19(10-6-16)25-12-17(11-21(25)27)22(28)30-13-20(26)15-3-7-18(24)8-4-15/h3-10,14,17H,11-13H2,1-2H3/t17-/m1/s1. The van der Waals surface area contributed by atoms with Crippen molar-refractivity contribution >= 4 is 40.9 Å². The van der Waals surface area contributed by atoms with Crippen LogP contribution in [0, 0.1) is 5.92 Å². The third-order valence-electron chi connectivity index (χ3n) is 4.73. The van der Waals surface area contributed by atoms with E-state index in [1.54, 1.807) is 62.4 Å². The van der Waals surface area contributed by atoms with Crippen molar-refractivity contribution in [2.45, 2.75) is 26.4 Å². The number of carbonyl (C=O) groups excluding carboxylic acids is 4. The van der Waals surface area contributed by atoms with E-state index in [-0.39, 0.29) is 30.8 Å². The van der Waals surface area contributed by atoms with Crippen LogP contribution in [0.4, 0.5) is 5.69 Å². The molecule has 1 amide bonds. The van der Waals surface area contributed by atoms with E-state index in [2.05, 4.69) is 0 Å². The highest BCUT2D eigenvalue weighted by Crippen LogP contribution is 2.26. The SMILES string of the molecule is CC(C)OC(=O)c1ccc(N2C[C@H](C(=O)OCC(=O)c3ccc(Cl)cc3)CC2=O)cc1. The molecule has 0 N–H and O–H groups in total. The van der Waals surface area contributed by atoms with Crippen molar-refractivity contribution in [3.63, 3.8) is 0 Å². The number of nitrogens with zero attached hydrogens (tertiary/aromatic N) is 1. The van der Waals surface area contributed by atoms with Crippen molar-refractivity contribution in [2.24, 2.45) is 5.92 Å². The Bertz CT molecular complexity index is 984. The zero-order valence-electron chi connectivity index (χ0n) is 17.2. The van der Waals surface area contributed by atoms with E-state index in [0.717, 1.165) is 0 Å². The van der Waals surface area contributed by atoms with Crippen LogP contribution >= 0.6 is 11.6 Å². The maximum Gasteiger partial charge on any atom is 0.338 e. The van der Waals surface area contributed by atoms with Gasteiger partial charge < -0.3 is 14.4 Å². The van der Waals surface area contributed by atoms with Gasteiger partial charge in [0.1, 0.15) is 0 Å². The summed E-state index contributed by atoms with van der Waals surface area (Å²) in [5, 5.41) is 0.503. The Balaban J connectivity index is 1.56. The molecule has 162 valence electrons. The molecule has 0 aliphatic carbocycles. The fourth-order valence-electron chi connectivity index (χ4n) is 3.15. The van der Waals surface area contributed by atoms with E-state index in [9.17, 15) is 19.2 Å². The van der Waals surface area contributed by atoms with Crippen LogP contribution < -0.4 is 4.90 Å². The van der Waals surface area contributed by atoms with E-state index < -0.39 is 24.5 Å². The summed E-state index contributed by atoms with van der Waals surface area (Å²) in [4.78, 5) is 50.3. The first kappa shape index (κ1) is 22.5. The summed E-state index contributed by atoms with van der Waals surface area (Å²) in [5.41, 5.74) is 1.33. The van der Waals surface area contributed by atoms with Gasteiger partial charge in [0.2, 0.25) is 5.91 Å². The van der Waals surface area contributed by atoms with Crippen LogP contribution in [-0.4, -0.2) is 42.9 Å². The van der Waals surface area contributed by atoms with Crippen molar-refractivity contribution in [3.05, 3.63) is 64.7 Å². The number of ether oxygens (including phenoxy) is 2. The second-order valence-corrected chi connectivity index (χ2v) is 7.88. The summed E-state index contributed by atoms with van der Waals surface area (Å²) in [6, 6.07) is 12.7. The first-order valence-corrected chi connectivity index (χ1v) is 10.2. The van der Waals surface area contributed by atoms with Crippen molar-refractivity contribution in [3.8, 4) is 0 Å². The molecule has 0 spiro atoms. The Morgan fingerprint density at radius 1 is 1.03 bits per heavy atom. The number of rotatable bonds is 7. The van der Waals surface area contributed by atoms with Gasteiger partial charge in [-0.3, -0.25) is 14.4 Å². The summed E-state index contributed by atoms with van der Waals surface area (Å²) in [5.74, 6) is -2.30. The lowest BCUT2D eigenvalue weighted by Gasteiger charge is -2.17. The van der Waals surface area contributed by atoms with Crippen LogP contribution in [0.5, 0.6) is 0 Å². The number of amides is 1. The number of anilines is 1. The molecular formula is C23H22ClNO6. The summed E-state index contributed by atoms with van der Waals surface area (Å²) in [7, 11) is 0. The third kappa shape index (κ3) is 5.70. The van der Waals surface area contributed by atoms with Crippen LogP contribution in [0.25, 0.3) is 0 Å². The second kappa shape index (κ2) is 9.75. The number of halogens is 1. The van der Waals surface area contributed by atoms with Crippen LogP contribution in [0.1, 0.15) is 41.0 Å². The first-order valence-electron chi connectivity index (χ1n) is 9.81. The number of hydrogen-bond acceptors (Lipinski definition) is 6. The maximum absolute atomic E-state index is 12.4. The van der Waals surface area contributed by atoms with Crippen molar-refractivity contribution in [2.75, 3.05) is 18.1 Å². The van der Waals surface area contributed by atoms with E-state index >= 15 is 0 Å². The van der Waals surface area contributed by atoms with Gasteiger partial charge in [0.25, 0.3) is 0 Å². The van der Waals surface area contributed by atoms with Gasteiger partial charge in [-0.1, -0.05) is 11.6 Å². The molecule has 1 atom stereocenters. The van der Waals surface area contributed by atoms with Crippen LogP contribution in [0.15, 0.2) is 48.5 Å². The molecule has 0 aromatic heterocycles. The minimum absolute atomic E-state index is 0.00882. The monoisotopic (exact) mass is 443 g/mol. The second-order valence-electron chi connectivity index (χ2n) is 7.44. The van der Waals surface area contributed by atoms with Gasteiger partial charge in [-0.25, -0.2) is 4.79 Å². The number of carbonyl (C=O) groups is 4. The molecule has 7 nitrogen and oxygen atoms in total. The molecular weight excluding hydrogens is 422 g/mol. The highest BCUT2D eigenvalue weighted by atomic mass is 35.5. The highest BCUT2D eigenvalue weighted by molar-refractivity contribution is 6.30. The topological polar surface area (TPSA) is 90.0 Å². The van der Waals surface area contributed by atoms with Crippen molar-refractivity contribution < 1.29 is 28.7 Å². The van der Waals surface area contributed by atoms with Crippen molar-refractivity contribution in [1.29, 1.82) is 0 Å². The molecule has 1 aliphatic rings. The molecule has 0 unspecified atom stereocenters. The summed E-state index contributed by atoms with van der Waals surface area (Å²) in [6.45, 7) is 3.26. The molecule has 0 bridgehead atoms.